The molecule has 2 saturated heterocycles. The molecule has 0 aromatic heterocycles. The van der Waals surface area contributed by atoms with Gasteiger partial charge in [0, 0.05) is 25.2 Å². The Morgan fingerprint density at radius 1 is 1.44 bits per heavy atom. The Labute approximate surface area is 99.3 Å². The predicted molar refractivity (Wildman–Crippen MR) is 66.4 cm³/mol. The van der Waals surface area contributed by atoms with E-state index in [2.05, 4.69) is 18.7 Å². The Morgan fingerprint density at radius 2 is 2.19 bits per heavy atom. The molecule has 0 aromatic rings. The zero-order valence-electron chi connectivity index (χ0n) is 10.7. The highest BCUT2D eigenvalue weighted by atomic mass is 16.5. The van der Waals surface area contributed by atoms with E-state index in [0.717, 1.165) is 19.7 Å². The van der Waals surface area contributed by atoms with Gasteiger partial charge >= 0.3 is 0 Å². The maximum absolute atomic E-state index is 6.26. The molecular formula is C13H26N2O. The van der Waals surface area contributed by atoms with E-state index >= 15 is 0 Å². The van der Waals surface area contributed by atoms with E-state index in [-0.39, 0.29) is 5.54 Å². The lowest BCUT2D eigenvalue weighted by Crippen LogP contribution is -2.69. The molecule has 0 saturated carbocycles. The van der Waals surface area contributed by atoms with Gasteiger partial charge in [0.1, 0.15) is 0 Å². The molecule has 0 bridgehead atoms. The maximum Gasteiger partial charge on any atom is 0.0576 e. The van der Waals surface area contributed by atoms with Crippen molar-refractivity contribution in [3.8, 4) is 0 Å². The van der Waals surface area contributed by atoms with Crippen LogP contribution in [-0.4, -0.2) is 42.8 Å². The minimum Gasteiger partial charge on any atom is -0.378 e. The fourth-order valence-corrected chi connectivity index (χ4v) is 2.72. The van der Waals surface area contributed by atoms with Crippen LogP contribution >= 0.6 is 0 Å². The predicted octanol–water partition coefficient (Wildman–Crippen LogP) is 1.61. The first-order valence-electron chi connectivity index (χ1n) is 6.73. The Bertz CT molecular complexity index is 218. The normalized spacial score (nSPS) is 29.6. The number of hydrogen-bond acceptors (Lipinski definition) is 3. The highest BCUT2D eigenvalue weighted by Gasteiger charge is 2.41. The van der Waals surface area contributed by atoms with E-state index in [9.17, 15) is 0 Å². The van der Waals surface area contributed by atoms with Gasteiger partial charge < -0.3 is 10.5 Å². The van der Waals surface area contributed by atoms with Crippen LogP contribution in [-0.2, 0) is 4.74 Å². The van der Waals surface area contributed by atoms with E-state index in [0.29, 0.717) is 12.0 Å². The summed E-state index contributed by atoms with van der Waals surface area (Å²) in [6, 6.07) is 0. The summed E-state index contributed by atoms with van der Waals surface area (Å²) in [5.41, 5.74) is 6.35. The van der Waals surface area contributed by atoms with Crippen molar-refractivity contribution in [3.63, 3.8) is 0 Å². The van der Waals surface area contributed by atoms with Crippen molar-refractivity contribution in [1.82, 2.24) is 4.90 Å². The molecular weight excluding hydrogens is 200 g/mol. The number of rotatable bonds is 5. The summed E-state index contributed by atoms with van der Waals surface area (Å²) in [4.78, 5) is 2.48. The second kappa shape index (κ2) is 5.03. The molecule has 3 heteroatoms. The third-order valence-corrected chi connectivity index (χ3v) is 4.21. The molecule has 1 atom stereocenters. The summed E-state index contributed by atoms with van der Waals surface area (Å²) in [7, 11) is 0. The number of ether oxygens (including phenoxy) is 1. The molecule has 16 heavy (non-hydrogen) atoms. The SMILES string of the molecule is CC(C)C1(N)CN(CCCC2CCCO2)C1. The summed E-state index contributed by atoms with van der Waals surface area (Å²) in [6.07, 6.45) is 5.57. The Kier molecular flexibility index (Phi) is 3.88. The van der Waals surface area contributed by atoms with Crippen LogP contribution in [0.15, 0.2) is 0 Å². The van der Waals surface area contributed by atoms with Crippen LogP contribution in [0.5, 0.6) is 0 Å². The van der Waals surface area contributed by atoms with Crippen LogP contribution in [0, 0.1) is 5.92 Å². The van der Waals surface area contributed by atoms with E-state index in [1.54, 1.807) is 0 Å². The quantitative estimate of drug-likeness (QED) is 0.774. The van der Waals surface area contributed by atoms with E-state index < -0.39 is 0 Å². The molecule has 0 aromatic carbocycles. The summed E-state index contributed by atoms with van der Waals surface area (Å²) in [6.45, 7) is 8.79. The van der Waals surface area contributed by atoms with Crippen molar-refractivity contribution in [2.45, 2.75) is 51.2 Å². The monoisotopic (exact) mass is 226 g/mol. The Morgan fingerprint density at radius 3 is 2.75 bits per heavy atom. The molecule has 2 rings (SSSR count). The molecule has 0 radical (unpaired) electrons. The molecule has 0 aliphatic carbocycles. The fourth-order valence-electron chi connectivity index (χ4n) is 2.72. The van der Waals surface area contributed by atoms with Gasteiger partial charge in [-0.3, -0.25) is 4.90 Å². The highest BCUT2D eigenvalue weighted by molar-refractivity contribution is 5.01. The standard InChI is InChI=1S/C13H26N2O/c1-11(2)13(14)9-15(10-13)7-3-5-12-6-4-8-16-12/h11-12H,3-10,14H2,1-2H3. The van der Waals surface area contributed by atoms with Gasteiger partial charge in [0.2, 0.25) is 0 Å². The first kappa shape index (κ1) is 12.3. The fraction of sp³-hybridized carbons (Fsp3) is 1.00. The van der Waals surface area contributed by atoms with Crippen LogP contribution in [0.25, 0.3) is 0 Å². The maximum atomic E-state index is 6.26. The van der Waals surface area contributed by atoms with E-state index in [4.69, 9.17) is 10.5 Å². The summed E-state index contributed by atoms with van der Waals surface area (Å²) >= 11 is 0. The highest BCUT2D eigenvalue weighted by Crippen LogP contribution is 2.26. The Balaban J connectivity index is 1.56. The number of nitrogens with two attached hydrogens (primary N) is 1. The van der Waals surface area contributed by atoms with Crippen molar-refractivity contribution in [3.05, 3.63) is 0 Å². The molecule has 94 valence electrons. The lowest BCUT2D eigenvalue weighted by molar-refractivity contribution is 0.0313. The average molecular weight is 226 g/mol. The van der Waals surface area contributed by atoms with Crippen LogP contribution in [0.1, 0.15) is 39.5 Å². The Hall–Kier alpha value is -0.120. The molecule has 2 heterocycles. The van der Waals surface area contributed by atoms with Crippen LogP contribution < -0.4 is 5.73 Å². The van der Waals surface area contributed by atoms with Crippen molar-refractivity contribution in [1.29, 1.82) is 0 Å². The minimum atomic E-state index is 0.0872. The molecule has 3 nitrogen and oxygen atoms in total. The zero-order valence-corrected chi connectivity index (χ0v) is 10.7. The van der Waals surface area contributed by atoms with Gasteiger partial charge in [-0.2, -0.15) is 0 Å². The average Bonchev–Trinajstić information content (AvgIpc) is 2.67. The van der Waals surface area contributed by atoms with Gasteiger partial charge in [0.25, 0.3) is 0 Å². The molecule has 2 aliphatic heterocycles. The smallest absolute Gasteiger partial charge is 0.0576 e. The summed E-state index contributed by atoms with van der Waals surface area (Å²) in [5.74, 6) is 0.599. The van der Waals surface area contributed by atoms with Crippen LogP contribution in [0.3, 0.4) is 0 Å². The van der Waals surface area contributed by atoms with Crippen molar-refractivity contribution in [2.24, 2.45) is 11.7 Å². The van der Waals surface area contributed by atoms with Gasteiger partial charge in [0.05, 0.1) is 6.10 Å². The molecule has 2 fully saturated rings. The molecule has 0 spiro atoms. The molecule has 2 aliphatic rings. The van der Waals surface area contributed by atoms with E-state index in [1.807, 2.05) is 0 Å². The topological polar surface area (TPSA) is 38.5 Å². The molecule has 1 unspecified atom stereocenters. The number of likely N-dealkylation sites (tertiary alicyclic amines) is 1. The van der Waals surface area contributed by atoms with Crippen molar-refractivity contribution < 1.29 is 4.74 Å². The van der Waals surface area contributed by atoms with Crippen LogP contribution in [0.4, 0.5) is 0 Å². The third-order valence-electron chi connectivity index (χ3n) is 4.21. The van der Waals surface area contributed by atoms with Gasteiger partial charge in [-0.05, 0) is 38.1 Å². The summed E-state index contributed by atoms with van der Waals surface area (Å²) < 4.78 is 5.62. The van der Waals surface area contributed by atoms with Gasteiger partial charge in [-0.25, -0.2) is 0 Å². The van der Waals surface area contributed by atoms with Crippen LogP contribution in [0.2, 0.25) is 0 Å². The first-order chi connectivity index (χ1) is 7.60. The van der Waals surface area contributed by atoms with Gasteiger partial charge in [0.15, 0.2) is 0 Å². The zero-order chi connectivity index (χ0) is 11.6. The number of nitrogens with zero attached hydrogens (tertiary/aromatic N) is 1. The second-order valence-corrected chi connectivity index (χ2v) is 5.88. The second-order valence-electron chi connectivity index (χ2n) is 5.88. The van der Waals surface area contributed by atoms with Crippen molar-refractivity contribution in [2.75, 3.05) is 26.2 Å². The number of hydrogen-bond donors (Lipinski definition) is 1. The lowest BCUT2D eigenvalue weighted by atomic mass is 9.80. The van der Waals surface area contributed by atoms with Gasteiger partial charge in [-0.1, -0.05) is 13.8 Å². The van der Waals surface area contributed by atoms with E-state index in [1.165, 1.54) is 32.2 Å². The first-order valence-corrected chi connectivity index (χ1v) is 6.73. The lowest BCUT2D eigenvalue weighted by Gasteiger charge is -2.50. The van der Waals surface area contributed by atoms with Crippen molar-refractivity contribution >= 4 is 0 Å². The molecule has 0 amide bonds. The largest absolute Gasteiger partial charge is 0.378 e. The third kappa shape index (κ3) is 2.76. The van der Waals surface area contributed by atoms with Gasteiger partial charge in [-0.15, -0.1) is 0 Å². The minimum absolute atomic E-state index is 0.0872. The summed E-state index contributed by atoms with van der Waals surface area (Å²) in [5, 5.41) is 0. The molecule has 2 N–H and O–H groups in total.